The van der Waals surface area contributed by atoms with Crippen LogP contribution in [0.4, 0.5) is 0 Å². The normalized spacial score (nSPS) is 14.7. The Hall–Kier alpha value is -2.76. The first-order chi connectivity index (χ1) is 13.0. The highest BCUT2D eigenvalue weighted by Crippen LogP contribution is 2.28. The Balaban J connectivity index is 1.63. The lowest BCUT2D eigenvalue weighted by atomic mass is 9.94. The number of rotatable bonds is 6. The Bertz CT molecular complexity index is 952. The van der Waals surface area contributed by atoms with E-state index < -0.39 is 0 Å². The maximum atomic E-state index is 11.9. The average molecular weight is 394 g/mol. The summed E-state index contributed by atoms with van der Waals surface area (Å²) in [5, 5.41) is 11.4. The Morgan fingerprint density at radius 2 is 1.93 bits per heavy atom. The summed E-state index contributed by atoms with van der Waals surface area (Å²) in [6.07, 6.45) is 1.78. The van der Waals surface area contributed by atoms with E-state index in [2.05, 4.69) is 11.4 Å². The Labute approximate surface area is 167 Å². The summed E-state index contributed by atoms with van der Waals surface area (Å²) in [5.74, 6) is 1.15. The standard InChI is InChI=1S/C19H15BN2O3S2/c20-14-3-6-16(13(9-14)10-17-18(23)22-19(26)27-17)25-8-7-24-15-4-1-12(11-21)2-5-15/h1-6,9-10H,7-8,20H2,(H,22,23,26)/b17-10-. The van der Waals surface area contributed by atoms with Gasteiger partial charge in [0.05, 0.1) is 16.5 Å². The van der Waals surface area contributed by atoms with E-state index in [0.29, 0.717) is 39.5 Å². The predicted octanol–water partition coefficient (Wildman–Crippen LogP) is 1.76. The van der Waals surface area contributed by atoms with Crippen LogP contribution in [0, 0.1) is 11.3 Å². The summed E-state index contributed by atoms with van der Waals surface area (Å²) in [7, 11) is 1.98. The molecule has 0 unspecified atom stereocenters. The van der Waals surface area contributed by atoms with E-state index in [4.69, 9.17) is 27.0 Å². The molecule has 1 aliphatic rings. The number of carbonyl (C=O) groups is 1. The van der Waals surface area contributed by atoms with E-state index in [0.717, 1.165) is 11.0 Å². The van der Waals surface area contributed by atoms with Gasteiger partial charge in [-0.25, -0.2) is 0 Å². The number of hydrogen-bond donors (Lipinski definition) is 1. The van der Waals surface area contributed by atoms with Gasteiger partial charge in [0, 0.05) is 5.56 Å². The van der Waals surface area contributed by atoms with E-state index in [1.165, 1.54) is 11.8 Å². The van der Waals surface area contributed by atoms with Gasteiger partial charge in [-0.1, -0.05) is 41.6 Å². The van der Waals surface area contributed by atoms with Crippen molar-refractivity contribution in [3.05, 3.63) is 58.5 Å². The highest BCUT2D eigenvalue weighted by molar-refractivity contribution is 8.26. The molecule has 1 N–H and O–H groups in total. The van der Waals surface area contributed by atoms with Crippen molar-refractivity contribution < 1.29 is 14.3 Å². The molecule has 3 rings (SSSR count). The highest BCUT2D eigenvalue weighted by atomic mass is 32.2. The van der Waals surface area contributed by atoms with Crippen molar-refractivity contribution in [2.45, 2.75) is 0 Å². The molecule has 5 nitrogen and oxygen atoms in total. The van der Waals surface area contributed by atoms with Gasteiger partial charge in [-0.15, -0.1) is 0 Å². The molecule has 0 bridgehead atoms. The minimum Gasteiger partial charge on any atom is -0.490 e. The fraction of sp³-hybridized carbons (Fsp3) is 0.105. The summed E-state index contributed by atoms with van der Waals surface area (Å²) >= 11 is 6.26. The second-order valence-corrected chi connectivity index (χ2v) is 7.45. The molecule has 1 amide bonds. The van der Waals surface area contributed by atoms with Crippen LogP contribution >= 0.6 is 24.0 Å². The number of hydrogen-bond acceptors (Lipinski definition) is 6. The predicted molar refractivity (Wildman–Crippen MR) is 113 cm³/mol. The Morgan fingerprint density at radius 3 is 2.59 bits per heavy atom. The summed E-state index contributed by atoms with van der Waals surface area (Å²) < 4.78 is 11.9. The highest BCUT2D eigenvalue weighted by Gasteiger charge is 2.22. The first-order valence-corrected chi connectivity index (χ1v) is 9.39. The first-order valence-electron chi connectivity index (χ1n) is 8.16. The summed E-state index contributed by atoms with van der Waals surface area (Å²) in [5.41, 5.74) is 2.47. The van der Waals surface area contributed by atoms with Crippen LogP contribution < -0.4 is 20.3 Å². The van der Waals surface area contributed by atoms with Crippen molar-refractivity contribution in [1.82, 2.24) is 5.32 Å². The van der Waals surface area contributed by atoms with Crippen molar-refractivity contribution in [1.29, 1.82) is 5.26 Å². The quantitative estimate of drug-likeness (QED) is 0.349. The molecule has 1 heterocycles. The number of thioether (sulfide) groups is 1. The minimum atomic E-state index is -0.193. The monoisotopic (exact) mass is 394 g/mol. The molecule has 1 aliphatic heterocycles. The van der Waals surface area contributed by atoms with E-state index in [9.17, 15) is 4.79 Å². The maximum Gasteiger partial charge on any atom is 0.263 e. The van der Waals surface area contributed by atoms with Crippen LogP contribution in [0.3, 0.4) is 0 Å². The van der Waals surface area contributed by atoms with Gasteiger partial charge in [-0.2, -0.15) is 5.26 Å². The second kappa shape index (κ2) is 8.76. The number of benzene rings is 2. The molecule has 27 heavy (non-hydrogen) atoms. The number of nitriles is 1. The van der Waals surface area contributed by atoms with Crippen LogP contribution in [0.1, 0.15) is 11.1 Å². The molecule has 0 saturated carbocycles. The van der Waals surface area contributed by atoms with Gasteiger partial charge < -0.3 is 14.8 Å². The van der Waals surface area contributed by atoms with Gasteiger partial charge in [0.1, 0.15) is 36.9 Å². The van der Waals surface area contributed by atoms with Gasteiger partial charge in [0.2, 0.25) is 0 Å². The van der Waals surface area contributed by atoms with Crippen LogP contribution in [0.25, 0.3) is 6.08 Å². The van der Waals surface area contributed by atoms with Crippen LogP contribution in [-0.4, -0.2) is 31.3 Å². The molecule has 0 radical (unpaired) electrons. The maximum absolute atomic E-state index is 11.9. The van der Waals surface area contributed by atoms with Crippen molar-refractivity contribution >= 4 is 53.6 Å². The van der Waals surface area contributed by atoms with Crippen LogP contribution in [-0.2, 0) is 4.79 Å². The van der Waals surface area contributed by atoms with Crippen LogP contribution in [0.15, 0.2) is 47.4 Å². The lowest BCUT2D eigenvalue weighted by molar-refractivity contribution is -0.115. The minimum absolute atomic E-state index is 0.193. The molecular weight excluding hydrogens is 379 g/mol. The topological polar surface area (TPSA) is 71.3 Å². The van der Waals surface area contributed by atoms with Crippen molar-refractivity contribution in [3.8, 4) is 17.6 Å². The van der Waals surface area contributed by atoms with E-state index in [1.807, 2.05) is 26.0 Å². The van der Waals surface area contributed by atoms with Gasteiger partial charge in [-0.05, 0) is 36.4 Å². The summed E-state index contributed by atoms with van der Waals surface area (Å²) in [6.45, 7) is 0.700. The Kier molecular flexibility index (Phi) is 6.17. The molecule has 0 aromatic heterocycles. The molecule has 1 fully saturated rings. The van der Waals surface area contributed by atoms with Crippen molar-refractivity contribution in [2.24, 2.45) is 0 Å². The molecule has 1 saturated heterocycles. The number of amides is 1. The molecule has 0 atom stereocenters. The lowest BCUT2D eigenvalue weighted by Gasteiger charge is -2.11. The zero-order valence-corrected chi connectivity index (χ0v) is 16.2. The van der Waals surface area contributed by atoms with Gasteiger partial charge in [0.15, 0.2) is 0 Å². The van der Waals surface area contributed by atoms with Crippen LogP contribution in [0.5, 0.6) is 11.5 Å². The molecule has 8 heteroatoms. The third-order valence-electron chi connectivity index (χ3n) is 3.69. The summed E-state index contributed by atoms with van der Waals surface area (Å²) in [6, 6.07) is 14.8. The molecular formula is C19H15BN2O3S2. The molecule has 0 aliphatic carbocycles. The largest absolute Gasteiger partial charge is 0.490 e. The second-order valence-electron chi connectivity index (χ2n) is 5.73. The van der Waals surface area contributed by atoms with E-state index in [1.54, 1.807) is 30.3 Å². The molecule has 0 spiro atoms. The van der Waals surface area contributed by atoms with E-state index in [-0.39, 0.29) is 5.91 Å². The fourth-order valence-electron chi connectivity index (χ4n) is 2.41. The third kappa shape index (κ3) is 5.13. The zero-order chi connectivity index (χ0) is 19.2. The zero-order valence-electron chi connectivity index (χ0n) is 14.5. The summed E-state index contributed by atoms with van der Waals surface area (Å²) in [4.78, 5) is 12.4. The SMILES string of the molecule is Bc1ccc(OCCOc2ccc(C#N)cc2)c(/C=C2\SC(=S)NC2=O)c1. The van der Waals surface area contributed by atoms with Gasteiger partial charge in [0.25, 0.3) is 5.91 Å². The number of carbonyl (C=O) groups excluding carboxylic acids is 1. The Morgan fingerprint density at radius 1 is 1.19 bits per heavy atom. The van der Waals surface area contributed by atoms with Crippen molar-refractivity contribution in [3.63, 3.8) is 0 Å². The van der Waals surface area contributed by atoms with E-state index >= 15 is 0 Å². The van der Waals surface area contributed by atoms with Crippen molar-refractivity contribution in [2.75, 3.05) is 13.2 Å². The fourth-order valence-corrected chi connectivity index (χ4v) is 3.45. The third-order valence-corrected chi connectivity index (χ3v) is 4.85. The smallest absolute Gasteiger partial charge is 0.263 e. The number of nitrogens with zero attached hydrogens (tertiary/aromatic N) is 1. The number of ether oxygens (including phenoxy) is 2. The molecule has 134 valence electrons. The molecule has 2 aromatic carbocycles. The average Bonchev–Trinajstić information content (AvgIpc) is 2.97. The number of thiocarbonyl (C=S) groups is 1. The van der Waals surface area contributed by atoms with Crippen LogP contribution in [0.2, 0.25) is 0 Å². The number of nitrogens with one attached hydrogen (secondary N) is 1. The van der Waals surface area contributed by atoms with Gasteiger partial charge >= 0.3 is 0 Å². The van der Waals surface area contributed by atoms with Gasteiger partial charge in [-0.3, -0.25) is 4.79 Å². The first kappa shape index (κ1) is 19.0. The lowest BCUT2D eigenvalue weighted by Crippen LogP contribution is -2.17. The molecule has 2 aromatic rings.